The zero-order valence-electron chi connectivity index (χ0n) is 14.9. The van der Waals surface area contributed by atoms with Crippen molar-refractivity contribution in [3.05, 3.63) is 24.3 Å². The fraction of sp³-hybridized carbons (Fsp3) is 0.556. The highest BCUT2D eigenvalue weighted by molar-refractivity contribution is 5.89. The SMILES string of the molecule is CCC(=O)N1[C@@H]2CC[C@H]1CC(NC(=O)Nc1ccc(OC(F)(F)F)cc1)C2. The van der Waals surface area contributed by atoms with Crippen molar-refractivity contribution >= 4 is 17.6 Å². The molecule has 2 N–H and O–H groups in total. The largest absolute Gasteiger partial charge is 0.573 e. The van der Waals surface area contributed by atoms with Gasteiger partial charge in [0.05, 0.1) is 0 Å². The second-order valence-electron chi connectivity index (χ2n) is 6.88. The molecule has 3 atom stereocenters. The summed E-state index contributed by atoms with van der Waals surface area (Å²) in [6, 6.07) is 4.84. The molecule has 2 bridgehead atoms. The van der Waals surface area contributed by atoms with Gasteiger partial charge in [0.1, 0.15) is 5.75 Å². The summed E-state index contributed by atoms with van der Waals surface area (Å²) in [6.07, 6.45) is -0.922. The van der Waals surface area contributed by atoms with Gasteiger partial charge in [-0.1, -0.05) is 6.92 Å². The van der Waals surface area contributed by atoms with E-state index in [-0.39, 0.29) is 29.8 Å². The Balaban J connectivity index is 1.51. The first kappa shape index (κ1) is 19.3. The summed E-state index contributed by atoms with van der Waals surface area (Å²) in [5.41, 5.74) is 0.364. The number of benzene rings is 1. The highest BCUT2D eigenvalue weighted by atomic mass is 19.4. The Morgan fingerprint density at radius 1 is 1.15 bits per heavy atom. The van der Waals surface area contributed by atoms with Crippen LogP contribution in [-0.4, -0.2) is 41.3 Å². The number of carbonyl (C=O) groups is 2. The molecule has 6 nitrogen and oxygen atoms in total. The van der Waals surface area contributed by atoms with E-state index in [9.17, 15) is 22.8 Å². The van der Waals surface area contributed by atoms with Crippen LogP contribution in [0.1, 0.15) is 39.0 Å². The summed E-state index contributed by atoms with van der Waals surface area (Å²) in [4.78, 5) is 26.2. The lowest BCUT2D eigenvalue weighted by atomic mass is 9.97. The Morgan fingerprint density at radius 3 is 2.26 bits per heavy atom. The third kappa shape index (κ3) is 4.84. The normalized spacial score (nSPS) is 24.4. The van der Waals surface area contributed by atoms with Crippen LogP contribution in [0.25, 0.3) is 0 Å². The molecule has 2 aliphatic heterocycles. The fourth-order valence-corrected chi connectivity index (χ4v) is 3.98. The minimum Gasteiger partial charge on any atom is -0.406 e. The summed E-state index contributed by atoms with van der Waals surface area (Å²) >= 11 is 0. The Kier molecular flexibility index (Phi) is 5.48. The number of carbonyl (C=O) groups excluding carboxylic acids is 2. The van der Waals surface area contributed by atoms with Crippen LogP contribution < -0.4 is 15.4 Å². The van der Waals surface area contributed by atoms with Gasteiger partial charge < -0.3 is 20.3 Å². The maximum Gasteiger partial charge on any atom is 0.573 e. The van der Waals surface area contributed by atoms with E-state index in [1.54, 1.807) is 0 Å². The predicted octanol–water partition coefficient (Wildman–Crippen LogP) is 3.64. The van der Waals surface area contributed by atoms with Gasteiger partial charge in [0, 0.05) is 30.2 Å². The molecule has 2 aliphatic rings. The molecule has 0 radical (unpaired) electrons. The number of ether oxygens (including phenoxy) is 1. The van der Waals surface area contributed by atoms with E-state index in [0.717, 1.165) is 25.0 Å². The zero-order valence-corrected chi connectivity index (χ0v) is 14.9. The average molecular weight is 385 g/mol. The fourth-order valence-electron chi connectivity index (χ4n) is 3.98. The number of fused-ring (bicyclic) bond motifs is 2. The molecule has 3 rings (SSSR count). The minimum atomic E-state index is -4.75. The molecule has 1 aromatic carbocycles. The molecular weight excluding hydrogens is 363 g/mol. The quantitative estimate of drug-likeness (QED) is 0.831. The predicted molar refractivity (Wildman–Crippen MR) is 92.2 cm³/mol. The van der Waals surface area contributed by atoms with Crippen molar-refractivity contribution in [2.24, 2.45) is 0 Å². The number of hydrogen-bond acceptors (Lipinski definition) is 3. The standard InChI is InChI=1S/C18H22F3N3O3/c1-2-16(25)24-13-5-6-14(24)10-12(9-13)23-17(26)22-11-3-7-15(8-4-11)27-18(19,20)21/h3-4,7-8,12-14H,2,5-6,9-10H2,1H3,(H2,22,23,26)/t12?,13-,14+. The molecule has 0 saturated carbocycles. The lowest BCUT2D eigenvalue weighted by Gasteiger charge is -2.39. The number of piperidine rings is 1. The molecular formula is C18H22F3N3O3. The van der Waals surface area contributed by atoms with E-state index in [1.807, 2.05) is 11.8 Å². The van der Waals surface area contributed by atoms with Crippen LogP contribution in [0, 0.1) is 0 Å². The van der Waals surface area contributed by atoms with Crippen molar-refractivity contribution in [2.45, 2.75) is 63.5 Å². The van der Waals surface area contributed by atoms with E-state index in [2.05, 4.69) is 15.4 Å². The van der Waals surface area contributed by atoms with Crippen LogP contribution in [-0.2, 0) is 4.79 Å². The second kappa shape index (κ2) is 7.66. The molecule has 0 aliphatic carbocycles. The number of nitrogens with zero attached hydrogens (tertiary/aromatic N) is 1. The summed E-state index contributed by atoms with van der Waals surface area (Å²) in [7, 11) is 0. The summed E-state index contributed by atoms with van der Waals surface area (Å²) in [6.45, 7) is 1.85. The molecule has 148 valence electrons. The van der Waals surface area contributed by atoms with Gasteiger partial charge in [-0.3, -0.25) is 4.79 Å². The van der Waals surface area contributed by atoms with E-state index >= 15 is 0 Å². The first-order chi connectivity index (χ1) is 12.7. The molecule has 2 heterocycles. The van der Waals surface area contributed by atoms with Gasteiger partial charge >= 0.3 is 12.4 Å². The van der Waals surface area contributed by atoms with Gasteiger partial charge in [-0.25, -0.2) is 4.79 Å². The maximum atomic E-state index is 12.2. The average Bonchev–Trinajstić information content (AvgIpc) is 2.85. The van der Waals surface area contributed by atoms with Gasteiger partial charge in [0.15, 0.2) is 0 Å². The number of nitrogens with one attached hydrogen (secondary N) is 2. The first-order valence-electron chi connectivity index (χ1n) is 8.99. The van der Waals surface area contributed by atoms with Gasteiger partial charge in [0.2, 0.25) is 5.91 Å². The number of alkyl halides is 3. The molecule has 0 spiro atoms. The van der Waals surface area contributed by atoms with Crippen molar-refractivity contribution in [3.8, 4) is 5.75 Å². The van der Waals surface area contributed by atoms with E-state index < -0.39 is 12.4 Å². The Bertz CT molecular complexity index is 679. The van der Waals surface area contributed by atoms with Crippen LogP contribution in [0.4, 0.5) is 23.7 Å². The van der Waals surface area contributed by atoms with Crippen LogP contribution in [0.15, 0.2) is 24.3 Å². The first-order valence-corrected chi connectivity index (χ1v) is 8.99. The van der Waals surface area contributed by atoms with Gasteiger partial charge in [-0.15, -0.1) is 13.2 Å². The molecule has 27 heavy (non-hydrogen) atoms. The maximum absolute atomic E-state index is 12.2. The molecule has 1 unspecified atom stereocenters. The topological polar surface area (TPSA) is 70.7 Å². The number of hydrogen-bond donors (Lipinski definition) is 2. The number of rotatable bonds is 4. The van der Waals surface area contributed by atoms with Crippen LogP contribution in [0.2, 0.25) is 0 Å². The van der Waals surface area contributed by atoms with Crippen molar-refractivity contribution in [1.82, 2.24) is 10.2 Å². The number of amides is 3. The molecule has 2 fully saturated rings. The number of urea groups is 1. The summed E-state index contributed by atoms with van der Waals surface area (Å²) in [5, 5.41) is 5.51. The van der Waals surface area contributed by atoms with Gasteiger partial charge in [-0.2, -0.15) is 0 Å². The lowest BCUT2D eigenvalue weighted by Crippen LogP contribution is -2.52. The second-order valence-corrected chi connectivity index (χ2v) is 6.88. The Hall–Kier alpha value is -2.45. The van der Waals surface area contributed by atoms with Crippen molar-refractivity contribution in [3.63, 3.8) is 0 Å². The monoisotopic (exact) mass is 385 g/mol. The number of anilines is 1. The molecule has 0 aromatic heterocycles. The van der Waals surface area contributed by atoms with Crippen LogP contribution in [0.3, 0.4) is 0 Å². The van der Waals surface area contributed by atoms with Gasteiger partial charge in [-0.05, 0) is 49.9 Å². The van der Waals surface area contributed by atoms with Crippen LogP contribution >= 0.6 is 0 Å². The van der Waals surface area contributed by atoms with Crippen molar-refractivity contribution in [2.75, 3.05) is 5.32 Å². The highest BCUT2D eigenvalue weighted by Crippen LogP contribution is 2.36. The van der Waals surface area contributed by atoms with Gasteiger partial charge in [0.25, 0.3) is 0 Å². The van der Waals surface area contributed by atoms with E-state index in [0.29, 0.717) is 24.9 Å². The van der Waals surface area contributed by atoms with Crippen LogP contribution in [0.5, 0.6) is 5.75 Å². The number of halogens is 3. The zero-order chi connectivity index (χ0) is 19.6. The molecule has 1 aromatic rings. The lowest BCUT2D eigenvalue weighted by molar-refractivity contribution is -0.274. The minimum absolute atomic E-state index is 0.0313. The summed E-state index contributed by atoms with van der Waals surface area (Å²) < 4.78 is 40.3. The molecule has 3 amide bonds. The molecule has 9 heteroatoms. The summed E-state index contributed by atoms with van der Waals surface area (Å²) in [5.74, 6) is -0.190. The smallest absolute Gasteiger partial charge is 0.406 e. The molecule has 2 saturated heterocycles. The third-order valence-electron chi connectivity index (χ3n) is 5.00. The van der Waals surface area contributed by atoms with Crippen molar-refractivity contribution in [1.29, 1.82) is 0 Å². The van der Waals surface area contributed by atoms with Crippen molar-refractivity contribution < 1.29 is 27.5 Å². The van der Waals surface area contributed by atoms with E-state index in [4.69, 9.17) is 0 Å². The highest BCUT2D eigenvalue weighted by Gasteiger charge is 2.42. The Morgan fingerprint density at radius 2 is 1.74 bits per heavy atom. The van der Waals surface area contributed by atoms with E-state index in [1.165, 1.54) is 12.1 Å². The third-order valence-corrected chi connectivity index (χ3v) is 5.00. The Labute approximate surface area is 155 Å².